The van der Waals surface area contributed by atoms with Crippen LogP contribution >= 0.6 is 0 Å². The van der Waals surface area contributed by atoms with Gasteiger partial charge in [0.25, 0.3) is 0 Å². The predicted molar refractivity (Wildman–Crippen MR) is 272 cm³/mol. The lowest BCUT2D eigenvalue weighted by molar-refractivity contribution is 0.161. The molecule has 1 aliphatic heterocycles. The number of benzene rings is 1. The van der Waals surface area contributed by atoms with E-state index in [2.05, 4.69) is 168 Å². The van der Waals surface area contributed by atoms with Gasteiger partial charge in [0.2, 0.25) is 0 Å². The summed E-state index contributed by atoms with van der Waals surface area (Å²) in [5.74, 6) is 0.361. The van der Waals surface area contributed by atoms with E-state index in [1.54, 1.807) is 5.57 Å². The highest BCUT2D eigenvalue weighted by atomic mass is 15.2. The summed E-state index contributed by atoms with van der Waals surface area (Å²) in [5.41, 5.74) is 12.3. The van der Waals surface area contributed by atoms with Crippen LogP contribution in [0.15, 0.2) is 109 Å². The minimum Gasteiger partial charge on any atom is -0.370 e. The molecule has 0 N–H and O–H groups in total. The Balaban J connectivity index is -0.00000117. The molecule has 1 aromatic carbocycles. The van der Waals surface area contributed by atoms with Crippen LogP contribution in [0.5, 0.6) is 0 Å². The minimum absolute atomic E-state index is 0.00266. The Hall–Kier alpha value is -3.57. The largest absolute Gasteiger partial charge is 0.370 e. The Kier molecular flexibility index (Phi) is 30.0. The summed E-state index contributed by atoms with van der Waals surface area (Å²) in [6.45, 7) is 61.4. The Labute approximate surface area is 370 Å². The van der Waals surface area contributed by atoms with Crippen LogP contribution in [0.2, 0.25) is 0 Å². The molecule has 334 valence electrons. The zero-order chi connectivity index (χ0) is 46.8. The molecule has 0 saturated carbocycles. The molecule has 0 aromatic heterocycles. The highest BCUT2D eigenvalue weighted by molar-refractivity contribution is 5.76. The van der Waals surface area contributed by atoms with Crippen LogP contribution in [-0.4, -0.2) is 18.0 Å². The van der Waals surface area contributed by atoms with Crippen LogP contribution in [0.25, 0.3) is 11.1 Å². The van der Waals surface area contributed by atoms with E-state index in [0.717, 1.165) is 56.3 Å². The number of fused-ring (bicyclic) bond motifs is 1. The van der Waals surface area contributed by atoms with Crippen molar-refractivity contribution in [1.82, 2.24) is 4.90 Å². The van der Waals surface area contributed by atoms with E-state index in [0.29, 0.717) is 17.8 Å². The Morgan fingerprint density at radius 1 is 0.864 bits per heavy atom. The van der Waals surface area contributed by atoms with Gasteiger partial charge in [-0.1, -0.05) is 213 Å². The van der Waals surface area contributed by atoms with Gasteiger partial charge in [-0.15, -0.1) is 6.58 Å². The minimum atomic E-state index is -0.00544. The molecule has 0 fully saturated rings. The summed E-state index contributed by atoms with van der Waals surface area (Å²) in [4.78, 5) is 2.61. The van der Waals surface area contributed by atoms with E-state index in [-0.39, 0.29) is 16.2 Å². The zero-order valence-corrected chi connectivity index (χ0v) is 42.9. The lowest BCUT2D eigenvalue weighted by atomic mass is 9.58. The normalized spacial score (nSPS) is 17.3. The number of rotatable bonds is 12. The van der Waals surface area contributed by atoms with E-state index in [1.807, 2.05) is 55.4 Å². The summed E-state index contributed by atoms with van der Waals surface area (Å²) >= 11 is 0. The molecular formula is C57H96N2. The van der Waals surface area contributed by atoms with Crippen molar-refractivity contribution in [2.24, 2.45) is 27.6 Å². The summed E-state index contributed by atoms with van der Waals surface area (Å²) in [5, 5.41) is 8.19. The van der Waals surface area contributed by atoms with E-state index >= 15 is 0 Å². The highest BCUT2D eigenvalue weighted by Gasteiger charge is 2.47. The van der Waals surface area contributed by atoms with Gasteiger partial charge in [-0.3, -0.25) is 0 Å². The quantitative estimate of drug-likeness (QED) is 0.155. The monoisotopic (exact) mass is 809 g/mol. The molecule has 2 aliphatic rings. The standard InChI is InChI=1S/C36H51N.C7H11N.C6H14.C4H8.2C2H6/c1-11-15-31(14-4)36(22-12-2,23-13-3)28(7)37-25-21-33-34(8,9)32(20-24-35(33,10)26-37)30-18-16-29(17-19-30)27(5)6;1-6(2)7(3)4-5-8;1-5-6(2,3)4;1-4(2)3;2*1-2/h11,14-21H,5,7,12-13,22-26H2,1-4,6,8-10H3;7H,1,4H2,2-3H3;5H2,1-4H3;1H2,2-3H3;2*1-2H3/b15-11-,31-14+;;;;;. The maximum Gasteiger partial charge on any atom is 0.0627 e. The molecule has 1 aromatic rings. The summed E-state index contributed by atoms with van der Waals surface area (Å²) in [7, 11) is 0. The Morgan fingerprint density at radius 3 is 1.68 bits per heavy atom. The van der Waals surface area contributed by atoms with E-state index in [4.69, 9.17) is 11.8 Å². The SMILES string of the molecule is C=C(C)C.C=C(C)C(C)CC#N.C=C(C)c1ccc(C2=CCC3(C)CN(C(=C)C(CCC)(CCC)C(/C=C\C)=C/C)CC=C3C2(C)C)cc1.CC.CC.CCC(C)(C)C. The van der Waals surface area contributed by atoms with Gasteiger partial charge in [-0.25, -0.2) is 0 Å². The first-order chi connectivity index (χ1) is 27.5. The third-order valence-electron chi connectivity index (χ3n) is 11.3. The van der Waals surface area contributed by atoms with Crippen molar-refractivity contribution < 1.29 is 0 Å². The third kappa shape index (κ3) is 19.6. The number of hydrogen-bond acceptors (Lipinski definition) is 2. The molecule has 0 amide bonds. The predicted octanol–water partition coefficient (Wildman–Crippen LogP) is 18.6. The van der Waals surface area contributed by atoms with Crippen molar-refractivity contribution in [3.63, 3.8) is 0 Å². The first-order valence-electron chi connectivity index (χ1n) is 23.0. The van der Waals surface area contributed by atoms with Crippen LogP contribution in [0.3, 0.4) is 0 Å². The molecule has 2 atom stereocenters. The smallest absolute Gasteiger partial charge is 0.0627 e. The second kappa shape index (κ2) is 29.6. The molecule has 0 radical (unpaired) electrons. The summed E-state index contributed by atoms with van der Waals surface area (Å²) in [6, 6.07) is 11.1. The first kappa shape index (κ1) is 59.7. The second-order valence-corrected chi connectivity index (χ2v) is 18.4. The Bertz CT molecular complexity index is 1560. The Morgan fingerprint density at radius 2 is 1.34 bits per heavy atom. The number of allylic oxidation sites excluding steroid dienone is 9. The average Bonchev–Trinajstić information content (AvgIpc) is 3.18. The van der Waals surface area contributed by atoms with Gasteiger partial charge < -0.3 is 4.90 Å². The molecule has 1 heterocycles. The fourth-order valence-corrected chi connectivity index (χ4v) is 7.60. The van der Waals surface area contributed by atoms with Crippen molar-refractivity contribution in [1.29, 1.82) is 5.26 Å². The molecular weight excluding hydrogens is 713 g/mol. The van der Waals surface area contributed by atoms with Gasteiger partial charge in [0.1, 0.15) is 0 Å². The van der Waals surface area contributed by atoms with Crippen molar-refractivity contribution in [3.8, 4) is 6.07 Å². The van der Waals surface area contributed by atoms with Gasteiger partial charge in [0.15, 0.2) is 0 Å². The number of nitriles is 1. The molecule has 2 unspecified atom stereocenters. The first-order valence-corrected chi connectivity index (χ1v) is 23.0. The van der Waals surface area contributed by atoms with Crippen LogP contribution in [0.4, 0.5) is 0 Å². The number of nitrogens with zero attached hydrogens (tertiary/aromatic N) is 2. The topological polar surface area (TPSA) is 27.0 Å². The molecule has 2 heteroatoms. The lowest BCUT2D eigenvalue weighted by Gasteiger charge is -2.53. The van der Waals surface area contributed by atoms with Crippen molar-refractivity contribution >= 4 is 11.1 Å². The van der Waals surface area contributed by atoms with Crippen molar-refractivity contribution in [3.05, 3.63) is 120 Å². The molecule has 0 bridgehead atoms. The van der Waals surface area contributed by atoms with Crippen LogP contribution in [0.1, 0.15) is 195 Å². The molecule has 0 saturated heterocycles. The maximum atomic E-state index is 8.19. The molecule has 59 heavy (non-hydrogen) atoms. The summed E-state index contributed by atoms with van der Waals surface area (Å²) < 4.78 is 0. The number of hydrogen-bond donors (Lipinski definition) is 0. The van der Waals surface area contributed by atoms with Gasteiger partial charge in [0.05, 0.1) is 6.07 Å². The van der Waals surface area contributed by atoms with Gasteiger partial charge in [-0.2, -0.15) is 5.26 Å². The molecule has 3 rings (SSSR count). The van der Waals surface area contributed by atoms with Crippen molar-refractivity contribution in [2.45, 2.75) is 183 Å². The maximum absolute atomic E-state index is 8.19. The van der Waals surface area contributed by atoms with Crippen LogP contribution in [-0.2, 0) is 0 Å². The summed E-state index contributed by atoms with van der Waals surface area (Å²) in [6.07, 6.45) is 19.4. The molecule has 1 aliphatic carbocycles. The third-order valence-corrected chi connectivity index (χ3v) is 11.3. The highest BCUT2D eigenvalue weighted by Crippen LogP contribution is 2.57. The van der Waals surface area contributed by atoms with Crippen LogP contribution < -0.4 is 0 Å². The van der Waals surface area contributed by atoms with Gasteiger partial charge in [0, 0.05) is 41.5 Å². The van der Waals surface area contributed by atoms with E-state index in [1.165, 1.54) is 40.0 Å². The average molecular weight is 809 g/mol. The van der Waals surface area contributed by atoms with Crippen molar-refractivity contribution in [2.75, 3.05) is 13.1 Å². The molecule has 2 nitrogen and oxygen atoms in total. The van der Waals surface area contributed by atoms with Gasteiger partial charge in [-0.05, 0) is 94.4 Å². The second-order valence-electron chi connectivity index (χ2n) is 18.4. The lowest BCUT2D eigenvalue weighted by Crippen LogP contribution is -2.48. The zero-order valence-electron chi connectivity index (χ0n) is 42.9. The van der Waals surface area contributed by atoms with Crippen LogP contribution in [0, 0.1) is 38.9 Å². The fourth-order valence-electron chi connectivity index (χ4n) is 7.60. The fraction of sp³-hybridized carbons (Fsp3) is 0.596. The van der Waals surface area contributed by atoms with E-state index < -0.39 is 0 Å². The van der Waals surface area contributed by atoms with E-state index in [9.17, 15) is 0 Å². The van der Waals surface area contributed by atoms with Gasteiger partial charge >= 0.3 is 0 Å². The molecule has 0 spiro atoms.